The fourth-order valence-corrected chi connectivity index (χ4v) is 4.11. The number of aryl methyl sites for hydroxylation is 1. The van der Waals surface area contributed by atoms with E-state index in [1.54, 1.807) is 54.6 Å². The molecule has 0 aliphatic carbocycles. The number of alkyl halides is 3. The first kappa shape index (κ1) is 29.5. The van der Waals surface area contributed by atoms with Crippen LogP contribution in [0.1, 0.15) is 32.7 Å². The number of carbonyl (C=O) groups excluding carboxylic acids is 2. The highest BCUT2D eigenvalue weighted by Crippen LogP contribution is 2.30. The van der Waals surface area contributed by atoms with Crippen molar-refractivity contribution in [2.45, 2.75) is 24.3 Å². The molecule has 5 nitrogen and oxygen atoms in total. The maximum absolute atomic E-state index is 13.9. The Kier molecular flexibility index (Phi) is 9.87. The number of carbonyl (C=O) groups is 2. The zero-order chi connectivity index (χ0) is 29.2. The maximum atomic E-state index is 13.9. The van der Waals surface area contributed by atoms with Gasteiger partial charge in [-0.25, -0.2) is 9.59 Å². The van der Waals surface area contributed by atoms with Crippen molar-refractivity contribution in [3.05, 3.63) is 132 Å². The van der Waals surface area contributed by atoms with Crippen molar-refractivity contribution in [1.29, 1.82) is 0 Å². The quantitative estimate of drug-likeness (QED) is 0.0737. The number of esters is 2. The van der Waals surface area contributed by atoms with E-state index >= 15 is 0 Å². The van der Waals surface area contributed by atoms with Crippen molar-refractivity contribution in [2.75, 3.05) is 6.61 Å². The largest absolute Gasteiger partial charge is 0.490 e. The molecule has 0 fully saturated rings. The molecule has 0 aliphatic heterocycles. The highest BCUT2D eigenvalue weighted by molar-refractivity contribution is 6.22. The molecule has 41 heavy (non-hydrogen) atoms. The van der Waals surface area contributed by atoms with Gasteiger partial charge in [0.05, 0.1) is 11.1 Å². The van der Waals surface area contributed by atoms with Gasteiger partial charge in [-0.05, 0) is 89.7 Å². The van der Waals surface area contributed by atoms with Gasteiger partial charge in [-0.3, -0.25) is 0 Å². The van der Waals surface area contributed by atoms with Crippen LogP contribution >= 0.6 is 11.6 Å². The molecule has 4 aromatic carbocycles. The molecule has 0 aromatic heterocycles. The van der Waals surface area contributed by atoms with Gasteiger partial charge in [0.2, 0.25) is 0 Å². The molecule has 0 N–H and O–H groups in total. The summed E-state index contributed by atoms with van der Waals surface area (Å²) in [5.41, 5.74) is 3.02. The Morgan fingerprint density at radius 3 is 1.90 bits per heavy atom. The smallest absolute Gasteiger partial charge is 0.357 e. The van der Waals surface area contributed by atoms with Crippen LogP contribution in [-0.4, -0.2) is 30.0 Å². The molecule has 0 spiro atoms. The fraction of sp³-hybridized carbons (Fsp3) is 0.152. The summed E-state index contributed by atoms with van der Waals surface area (Å²) in [6.45, 7) is 4.04. The second-order valence-electron chi connectivity index (χ2n) is 9.08. The summed E-state index contributed by atoms with van der Waals surface area (Å²) in [7, 11) is 0. The van der Waals surface area contributed by atoms with Gasteiger partial charge < -0.3 is 14.2 Å². The first-order valence-electron chi connectivity index (χ1n) is 12.8. The van der Waals surface area contributed by atoms with E-state index in [1.165, 1.54) is 24.3 Å². The van der Waals surface area contributed by atoms with Crippen LogP contribution in [-0.2, 0) is 11.2 Å². The standard InChI is InChI=1S/C33H27ClF2O5/c1-2-22-39-28-17-13-25(14-18-28)24-9-11-26(12-10-24)31(37)40-29-19-15-27(16-20-29)32(38)41-30(33(34,35)36)21-8-23-6-4-3-5-7-23/h2-7,9-20,30H,1,8,21-22H2. The van der Waals surface area contributed by atoms with Crippen LogP contribution in [0.15, 0.2) is 116 Å². The average Bonchev–Trinajstić information content (AvgIpc) is 2.98. The third kappa shape index (κ3) is 8.50. The van der Waals surface area contributed by atoms with E-state index in [0.29, 0.717) is 12.2 Å². The summed E-state index contributed by atoms with van der Waals surface area (Å²) >= 11 is 5.23. The topological polar surface area (TPSA) is 61.8 Å². The lowest BCUT2D eigenvalue weighted by molar-refractivity contribution is -0.0618. The minimum absolute atomic E-state index is 0.0145. The van der Waals surface area contributed by atoms with E-state index in [2.05, 4.69) is 6.58 Å². The summed E-state index contributed by atoms with van der Waals surface area (Å²) in [5.74, 6) is -0.651. The van der Waals surface area contributed by atoms with E-state index in [9.17, 15) is 18.4 Å². The van der Waals surface area contributed by atoms with Gasteiger partial charge in [-0.1, -0.05) is 67.3 Å². The Balaban J connectivity index is 1.33. The maximum Gasteiger partial charge on any atom is 0.357 e. The third-order valence-corrected chi connectivity index (χ3v) is 6.37. The highest BCUT2D eigenvalue weighted by atomic mass is 35.5. The molecule has 0 heterocycles. The summed E-state index contributed by atoms with van der Waals surface area (Å²) in [6, 6.07) is 28.8. The van der Waals surface area contributed by atoms with Crippen molar-refractivity contribution in [3.8, 4) is 22.6 Å². The van der Waals surface area contributed by atoms with E-state index in [0.717, 1.165) is 22.4 Å². The molecule has 4 aromatic rings. The van der Waals surface area contributed by atoms with Crippen LogP contribution in [0.2, 0.25) is 0 Å². The molecule has 0 aliphatic rings. The minimum atomic E-state index is -3.74. The lowest BCUT2D eigenvalue weighted by Crippen LogP contribution is -2.33. The Labute approximate surface area is 241 Å². The molecular weight excluding hydrogens is 550 g/mol. The van der Waals surface area contributed by atoms with Crippen molar-refractivity contribution >= 4 is 23.5 Å². The number of rotatable bonds is 12. The summed E-state index contributed by atoms with van der Waals surface area (Å²) in [5, 5.41) is -3.74. The molecule has 1 unspecified atom stereocenters. The van der Waals surface area contributed by atoms with Gasteiger partial charge in [0.1, 0.15) is 18.1 Å². The Morgan fingerprint density at radius 2 is 1.32 bits per heavy atom. The molecule has 1 atom stereocenters. The van der Waals surface area contributed by atoms with Gasteiger partial charge in [-0.15, -0.1) is 0 Å². The molecule has 8 heteroatoms. The number of hydrogen-bond acceptors (Lipinski definition) is 5. The lowest BCUT2D eigenvalue weighted by atomic mass is 10.0. The highest BCUT2D eigenvalue weighted by Gasteiger charge is 2.40. The molecule has 0 radical (unpaired) electrons. The molecule has 4 rings (SSSR count). The van der Waals surface area contributed by atoms with Crippen LogP contribution in [0.5, 0.6) is 11.5 Å². The fourth-order valence-electron chi connectivity index (χ4n) is 3.95. The van der Waals surface area contributed by atoms with Gasteiger partial charge in [-0.2, -0.15) is 8.78 Å². The number of ether oxygens (including phenoxy) is 3. The lowest BCUT2D eigenvalue weighted by Gasteiger charge is -2.22. The summed E-state index contributed by atoms with van der Waals surface area (Å²) < 4.78 is 43.8. The zero-order valence-electron chi connectivity index (χ0n) is 22.0. The van der Waals surface area contributed by atoms with Gasteiger partial charge in [0, 0.05) is 0 Å². The first-order valence-corrected chi connectivity index (χ1v) is 13.2. The van der Waals surface area contributed by atoms with Crippen LogP contribution in [0, 0.1) is 0 Å². The SMILES string of the molecule is C=CCOc1ccc(-c2ccc(C(=O)Oc3ccc(C(=O)OC(CCc4ccccc4)C(F)(F)Cl)cc3)cc2)cc1. The van der Waals surface area contributed by atoms with Crippen molar-refractivity contribution in [3.63, 3.8) is 0 Å². The van der Waals surface area contributed by atoms with E-state index < -0.39 is 23.4 Å². The molecule has 0 bridgehead atoms. The van der Waals surface area contributed by atoms with Crippen LogP contribution in [0.25, 0.3) is 11.1 Å². The monoisotopic (exact) mass is 576 g/mol. The molecule has 0 saturated heterocycles. The Morgan fingerprint density at radius 1 is 0.780 bits per heavy atom. The summed E-state index contributed by atoms with van der Waals surface area (Å²) in [6.07, 6.45) is -0.0463. The minimum Gasteiger partial charge on any atom is -0.490 e. The van der Waals surface area contributed by atoms with E-state index in [-0.39, 0.29) is 24.2 Å². The van der Waals surface area contributed by atoms with Crippen LogP contribution in [0.3, 0.4) is 0 Å². The second-order valence-corrected chi connectivity index (χ2v) is 9.58. The number of benzene rings is 4. The predicted molar refractivity (Wildman–Crippen MR) is 154 cm³/mol. The molecule has 210 valence electrons. The van der Waals surface area contributed by atoms with Gasteiger partial charge in [0.25, 0.3) is 0 Å². The third-order valence-electron chi connectivity index (χ3n) is 6.13. The molecule has 0 amide bonds. The molecule has 0 saturated carbocycles. The number of hydrogen-bond donors (Lipinski definition) is 0. The number of halogens is 3. The van der Waals surface area contributed by atoms with Crippen molar-refractivity contribution < 1.29 is 32.6 Å². The molecular formula is C33H27ClF2O5. The summed E-state index contributed by atoms with van der Waals surface area (Å²) in [4.78, 5) is 25.2. The zero-order valence-corrected chi connectivity index (χ0v) is 22.7. The van der Waals surface area contributed by atoms with E-state index in [4.69, 9.17) is 25.8 Å². The van der Waals surface area contributed by atoms with Gasteiger partial charge >= 0.3 is 17.3 Å². The predicted octanol–water partition coefficient (Wildman–Crippen LogP) is 8.13. The van der Waals surface area contributed by atoms with Crippen molar-refractivity contribution in [1.82, 2.24) is 0 Å². The van der Waals surface area contributed by atoms with E-state index in [1.807, 2.05) is 30.3 Å². The Bertz CT molecular complexity index is 1450. The average molecular weight is 577 g/mol. The Hall–Kier alpha value is -4.49. The first-order chi connectivity index (χ1) is 19.7. The second kappa shape index (κ2) is 13.7. The van der Waals surface area contributed by atoms with Crippen LogP contribution < -0.4 is 9.47 Å². The van der Waals surface area contributed by atoms with Gasteiger partial charge in [0.15, 0.2) is 6.10 Å². The normalized spacial score (nSPS) is 11.8. The van der Waals surface area contributed by atoms with Crippen molar-refractivity contribution in [2.24, 2.45) is 0 Å². The van der Waals surface area contributed by atoms with Crippen LogP contribution in [0.4, 0.5) is 8.78 Å².